The Morgan fingerprint density at radius 3 is 2.94 bits per heavy atom. The first-order chi connectivity index (χ1) is 7.70. The number of thiophene rings is 1. The number of imidazole rings is 1. The molecule has 0 aliphatic rings. The molecule has 1 unspecified atom stereocenters. The Morgan fingerprint density at radius 1 is 1.62 bits per heavy atom. The number of hydrogen-bond donors (Lipinski definition) is 1. The minimum Gasteiger partial charge on any atom is -0.337 e. The van der Waals surface area contributed by atoms with E-state index in [2.05, 4.69) is 42.2 Å². The standard InChI is InChI=1S/C11H14BrN3S/c1-13-10(11-14-3-4-15(11)2)6-9-5-8(12)7-16-9/h3-5,7,10,13H,6H2,1-2H3. The smallest absolute Gasteiger partial charge is 0.125 e. The molecule has 2 heterocycles. The topological polar surface area (TPSA) is 29.9 Å². The second kappa shape index (κ2) is 5.12. The van der Waals surface area contributed by atoms with E-state index in [1.165, 1.54) is 4.88 Å². The lowest BCUT2D eigenvalue weighted by Crippen LogP contribution is -2.21. The predicted molar refractivity (Wildman–Crippen MR) is 70.7 cm³/mol. The maximum Gasteiger partial charge on any atom is 0.125 e. The van der Waals surface area contributed by atoms with Gasteiger partial charge < -0.3 is 9.88 Å². The molecule has 0 bridgehead atoms. The van der Waals surface area contributed by atoms with Gasteiger partial charge in [0.05, 0.1) is 6.04 Å². The van der Waals surface area contributed by atoms with E-state index in [9.17, 15) is 0 Å². The lowest BCUT2D eigenvalue weighted by atomic mass is 10.1. The van der Waals surface area contributed by atoms with Crippen LogP contribution >= 0.6 is 27.3 Å². The largest absolute Gasteiger partial charge is 0.337 e. The van der Waals surface area contributed by atoms with Gasteiger partial charge in [0.15, 0.2) is 0 Å². The van der Waals surface area contributed by atoms with Crippen LogP contribution in [0.15, 0.2) is 28.3 Å². The molecule has 0 saturated heterocycles. The van der Waals surface area contributed by atoms with E-state index in [0.29, 0.717) is 0 Å². The van der Waals surface area contributed by atoms with Crippen molar-refractivity contribution in [1.82, 2.24) is 14.9 Å². The van der Waals surface area contributed by atoms with Crippen LogP contribution in [0.1, 0.15) is 16.7 Å². The highest BCUT2D eigenvalue weighted by Crippen LogP contribution is 2.24. The number of aryl methyl sites for hydroxylation is 1. The molecule has 0 aromatic carbocycles. The molecule has 3 nitrogen and oxygen atoms in total. The first kappa shape index (κ1) is 11.8. The van der Waals surface area contributed by atoms with Gasteiger partial charge in [-0.3, -0.25) is 0 Å². The van der Waals surface area contributed by atoms with Crippen molar-refractivity contribution in [3.8, 4) is 0 Å². The highest BCUT2D eigenvalue weighted by Gasteiger charge is 2.15. The second-order valence-electron chi connectivity index (χ2n) is 3.67. The lowest BCUT2D eigenvalue weighted by molar-refractivity contribution is 0.541. The van der Waals surface area contributed by atoms with Crippen LogP contribution in [0.3, 0.4) is 0 Å². The van der Waals surface area contributed by atoms with Gasteiger partial charge in [-0.2, -0.15) is 0 Å². The molecule has 0 saturated carbocycles. The Labute approximate surface area is 108 Å². The van der Waals surface area contributed by atoms with E-state index in [-0.39, 0.29) is 6.04 Å². The van der Waals surface area contributed by atoms with Crippen LogP contribution in [0, 0.1) is 0 Å². The van der Waals surface area contributed by atoms with Gasteiger partial charge in [-0.25, -0.2) is 4.98 Å². The number of rotatable bonds is 4. The number of aromatic nitrogens is 2. The Morgan fingerprint density at radius 2 is 2.44 bits per heavy atom. The average molecular weight is 300 g/mol. The van der Waals surface area contributed by atoms with Gasteiger partial charge >= 0.3 is 0 Å². The molecule has 0 aliphatic carbocycles. The average Bonchev–Trinajstić information content (AvgIpc) is 2.84. The Kier molecular flexibility index (Phi) is 3.78. The summed E-state index contributed by atoms with van der Waals surface area (Å²) in [5.41, 5.74) is 0. The van der Waals surface area contributed by atoms with Crippen LogP contribution in [0.5, 0.6) is 0 Å². The summed E-state index contributed by atoms with van der Waals surface area (Å²) in [7, 11) is 4.00. The molecule has 0 radical (unpaired) electrons. The summed E-state index contributed by atoms with van der Waals surface area (Å²) in [6.07, 6.45) is 4.78. The number of nitrogens with one attached hydrogen (secondary N) is 1. The fourth-order valence-corrected chi connectivity index (χ4v) is 3.20. The van der Waals surface area contributed by atoms with E-state index in [4.69, 9.17) is 0 Å². The number of halogens is 1. The quantitative estimate of drug-likeness (QED) is 0.941. The molecule has 0 amide bonds. The van der Waals surface area contributed by atoms with E-state index in [0.717, 1.165) is 16.7 Å². The van der Waals surface area contributed by atoms with Gasteiger partial charge in [0.2, 0.25) is 0 Å². The molecule has 0 fully saturated rings. The van der Waals surface area contributed by atoms with Gasteiger partial charge in [0.25, 0.3) is 0 Å². The third kappa shape index (κ3) is 2.53. The van der Waals surface area contributed by atoms with Crippen molar-refractivity contribution in [3.63, 3.8) is 0 Å². The zero-order chi connectivity index (χ0) is 11.5. The van der Waals surface area contributed by atoms with Gasteiger partial charge in [-0.05, 0) is 29.0 Å². The van der Waals surface area contributed by atoms with Crippen molar-refractivity contribution in [2.45, 2.75) is 12.5 Å². The zero-order valence-corrected chi connectivity index (χ0v) is 11.7. The van der Waals surface area contributed by atoms with Crippen LogP contribution in [-0.2, 0) is 13.5 Å². The molecular formula is C11H14BrN3S. The first-order valence-electron chi connectivity index (χ1n) is 5.08. The van der Waals surface area contributed by atoms with E-state index in [1.807, 2.05) is 26.5 Å². The number of nitrogens with zero attached hydrogens (tertiary/aromatic N) is 2. The Bertz CT molecular complexity index is 463. The summed E-state index contributed by atoms with van der Waals surface area (Å²) in [6, 6.07) is 2.43. The fraction of sp³-hybridized carbons (Fsp3) is 0.364. The number of hydrogen-bond acceptors (Lipinski definition) is 3. The van der Waals surface area contributed by atoms with Gasteiger partial charge in [0.1, 0.15) is 5.82 Å². The van der Waals surface area contributed by atoms with Gasteiger partial charge in [-0.15, -0.1) is 11.3 Å². The maximum atomic E-state index is 4.38. The predicted octanol–water partition coefficient (Wildman–Crippen LogP) is 2.75. The van der Waals surface area contributed by atoms with Gasteiger partial charge in [-0.1, -0.05) is 0 Å². The molecule has 0 spiro atoms. The van der Waals surface area contributed by atoms with E-state index < -0.39 is 0 Å². The normalized spacial score (nSPS) is 12.9. The molecule has 2 aromatic heterocycles. The molecular weight excluding hydrogens is 286 g/mol. The zero-order valence-electron chi connectivity index (χ0n) is 9.27. The summed E-state index contributed by atoms with van der Waals surface area (Å²) in [5, 5.41) is 5.42. The number of likely N-dealkylation sites (N-methyl/N-ethyl adjacent to an activating group) is 1. The van der Waals surface area contributed by atoms with Crippen molar-refractivity contribution in [2.75, 3.05) is 7.05 Å². The van der Waals surface area contributed by atoms with Crippen LogP contribution in [0.4, 0.5) is 0 Å². The molecule has 16 heavy (non-hydrogen) atoms. The highest BCUT2D eigenvalue weighted by atomic mass is 79.9. The third-order valence-corrected chi connectivity index (χ3v) is 4.27. The Balaban J connectivity index is 2.15. The summed E-state index contributed by atoms with van der Waals surface area (Å²) in [4.78, 5) is 5.74. The summed E-state index contributed by atoms with van der Waals surface area (Å²) >= 11 is 5.25. The van der Waals surface area contributed by atoms with Crippen molar-refractivity contribution < 1.29 is 0 Å². The van der Waals surface area contributed by atoms with E-state index >= 15 is 0 Å². The van der Waals surface area contributed by atoms with Crippen LogP contribution in [-0.4, -0.2) is 16.6 Å². The second-order valence-corrected chi connectivity index (χ2v) is 5.58. The molecule has 1 atom stereocenters. The van der Waals surface area contributed by atoms with Crippen LogP contribution in [0.2, 0.25) is 0 Å². The summed E-state index contributed by atoms with van der Waals surface area (Å²) in [6.45, 7) is 0. The summed E-state index contributed by atoms with van der Waals surface area (Å²) < 4.78 is 3.21. The molecule has 0 aliphatic heterocycles. The molecule has 2 rings (SSSR count). The monoisotopic (exact) mass is 299 g/mol. The minimum absolute atomic E-state index is 0.269. The van der Waals surface area contributed by atoms with Crippen molar-refractivity contribution >= 4 is 27.3 Å². The molecule has 86 valence electrons. The van der Waals surface area contributed by atoms with E-state index in [1.54, 1.807) is 11.3 Å². The fourth-order valence-electron chi connectivity index (χ4n) is 1.70. The minimum atomic E-state index is 0.269. The molecule has 2 aromatic rings. The lowest BCUT2D eigenvalue weighted by Gasteiger charge is -2.14. The van der Waals surface area contributed by atoms with Crippen molar-refractivity contribution in [2.24, 2.45) is 7.05 Å². The molecule has 5 heteroatoms. The third-order valence-electron chi connectivity index (χ3n) is 2.55. The Hall–Kier alpha value is -0.650. The summed E-state index contributed by atoms with van der Waals surface area (Å²) in [5.74, 6) is 1.08. The maximum absolute atomic E-state index is 4.38. The highest BCUT2D eigenvalue weighted by molar-refractivity contribution is 9.10. The van der Waals surface area contributed by atoms with Crippen molar-refractivity contribution in [1.29, 1.82) is 0 Å². The SMILES string of the molecule is CNC(Cc1cc(Br)cs1)c1nccn1C. The van der Waals surface area contributed by atoms with Gasteiger partial charge in [0, 0.05) is 40.6 Å². The molecule has 1 N–H and O–H groups in total. The van der Waals surface area contributed by atoms with Crippen molar-refractivity contribution in [3.05, 3.63) is 39.0 Å². The van der Waals surface area contributed by atoms with Crippen LogP contribution < -0.4 is 5.32 Å². The first-order valence-corrected chi connectivity index (χ1v) is 6.75. The van der Waals surface area contributed by atoms with Crippen LogP contribution in [0.25, 0.3) is 0 Å².